The van der Waals surface area contributed by atoms with Crippen LogP contribution in [-0.2, 0) is 21.4 Å². The van der Waals surface area contributed by atoms with Crippen molar-refractivity contribution in [1.29, 1.82) is 0 Å². The highest BCUT2D eigenvalue weighted by atomic mass is 32.2. The SMILES string of the molecule is CCn1c(SCC(=O)Nc2cc(S(=O)(=O)N(C)C)cc(C)c2C)nnc1-c1ccncc1. The van der Waals surface area contributed by atoms with E-state index in [4.69, 9.17) is 0 Å². The predicted molar refractivity (Wildman–Crippen MR) is 125 cm³/mol. The third-order valence-electron chi connectivity index (χ3n) is 5.00. The largest absolute Gasteiger partial charge is 0.325 e. The first-order valence-corrected chi connectivity index (χ1v) is 12.4. The van der Waals surface area contributed by atoms with Gasteiger partial charge in [0.1, 0.15) is 0 Å². The number of rotatable bonds is 8. The summed E-state index contributed by atoms with van der Waals surface area (Å²) in [4.78, 5) is 16.8. The summed E-state index contributed by atoms with van der Waals surface area (Å²) in [6, 6.07) is 6.82. The Morgan fingerprint density at radius 2 is 1.84 bits per heavy atom. The molecule has 1 aromatic carbocycles. The van der Waals surface area contributed by atoms with E-state index in [0.717, 1.165) is 21.0 Å². The third kappa shape index (κ3) is 5.00. The Bertz CT molecular complexity index is 1220. The normalized spacial score (nSPS) is 11.7. The molecule has 0 aliphatic heterocycles. The van der Waals surface area contributed by atoms with E-state index >= 15 is 0 Å². The van der Waals surface area contributed by atoms with E-state index in [2.05, 4.69) is 20.5 Å². The molecular weight excluding hydrogens is 448 g/mol. The van der Waals surface area contributed by atoms with Crippen molar-refractivity contribution in [1.82, 2.24) is 24.1 Å². The van der Waals surface area contributed by atoms with Gasteiger partial charge in [-0.2, -0.15) is 0 Å². The molecule has 0 saturated carbocycles. The molecule has 32 heavy (non-hydrogen) atoms. The second kappa shape index (κ2) is 9.80. The zero-order chi connectivity index (χ0) is 23.5. The number of benzene rings is 1. The Kier molecular flexibility index (Phi) is 7.32. The zero-order valence-corrected chi connectivity index (χ0v) is 20.3. The summed E-state index contributed by atoms with van der Waals surface area (Å²) in [6.07, 6.45) is 3.39. The third-order valence-corrected chi connectivity index (χ3v) is 7.76. The Morgan fingerprint density at radius 3 is 2.47 bits per heavy atom. The first kappa shape index (κ1) is 23.9. The number of aromatic nitrogens is 4. The molecular formula is C21H26N6O3S2. The molecule has 0 aliphatic carbocycles. The van der Waals surface area contributed by atoms with E-state index in [1.54, 1.807) is 18.5 Å². The topological polar surface area (TPSA) is 110 Å². The molecule has 0 fully saturated rings. The highest BCUT2D eigenvalue weighted by Crippen LogP contribution is 2.27. The van der Waals surface area contributed by atoms with Crippen LogP contribution in [0.15, 0.2) is 46.7 Å². The highest BCUT2D eigenvalue weighted by molar-refractivity contribution is 7.99. The van der Waals surface area contributed by atoms with Gasteiger partial charge in [-0.05, 0) is 56.2 Å². The highest BCUT2D eigenvalue weighted by Gasteiger charge is 2.20. The van der Waals surface area contributed by atoms with E-state index in [9.17, 15) is 13.2 Å². The van der Waals surface area contributed by atoms with Crippen LogP contribution in [0.4, 0.5) is 5.69 Å². The monoisotopic (exact) mass is 474 g/mol. The molecule has 0 atom stereocenters. The van der Waals surface area contributed by atoms with Crippen LogP contribution in [-0.4, -0.2) is 58.2 Å². The van der Waals surface area contributed by atoms with Crippen molar-refractivity contribution < 1.29 is 13.2 Å². The number of anilines is 1. The van der Waals surface area contributed by atoms with Crippen molar-refractivity contribution in [3.8, 4) is 11.4 Å². The van der Waals surface area contributed by atoms with Gasteiger partial charge in [-0.15, -0.1) is 10.2 Å². The molecule has 2 heterocycles. The fraction of sp³-hybridized carbons (Fsp3) is 0.333. The number of sulfonamides is 1. The quantitative estimate of drug-likeness (QED) is 0.500. The Hall–Kier alpha value is -2.76. The van der Waals surface area contributed by atoms with E-state index in [1.807, 2.05) is 37.5 Å². The molecule has 3 aromatic rings. The fourth-order valence-corrected chi connectivity index (χ4v) is 4.84. The van der Waals surface area contributed by atoms with E-state index in [0.29, 0.717) is 23.2 Å². The van der Waals surface area contributed by atoms with Gasteiger partial charge >= 0.3 is 0 Å². The summed E-state index contributed by atoms with van der Waals surface area (Å²) in [5.41, 5.74) is 2.97. The van der Waals surface area contributed by atoms with Crippen molar-refractivity contribution in [2.75, 3.05) is 25.2 Å². The van der Waals surface area contributed by atoms with Crippen LogP contribution < -0.4 is 5.32 Å². The van der Waals surface area contributed by atoms with Crippen LogP contribution in [0.25, 0.3) is 11.4 Å². The number of carbonyl (C=O) groups is 1. The minimum Gasteiger partial charge on any atom is -0.325 e. The fourth-order valence-electron chi connectivity index (χ4n) is 3.03. The van der Waals surface area contributed by atoms with Crippen molar-refractivity contribution in [3.63, 3.8) is 0 Å². The number of carbonyl (C=O) groups excluding carboxylic acids is 1. The minimum atomic E-state index is -3.61. The molecule has 3 rings (SSSR count). The van der Waals surface area contributed by atoms with Crippen molar-refractivity contribution >= 4 is 33.4 Å². The minimum absolute atomic E-state index is 0.109. The number of hydrogen-bond donors (Lipinski definition) is 1. The van der Waals surface area contributed by atoms with Crippen LogP contribution in [0, 0.1) is 13.8 Å². The van der Waals surface area contributed by atoms with E-state index in [1.165, 1.54) is 31.9 Å². The maximum absolute atomic E-state index is 12.7. The molecule has 0 unspecified atom stereocenters. The number of nitrogens with zero attached hydrogens (tertiary/aromatic N) is 5. The molecule has 0 saturated heterocycles. The van der Waals surface area contributed by atoms with Gasteiger partial charge in [0.05, 0.1) is 10.6 Å². The Balaban J connectivity index is 1.76. The molecule has 9 nitrogen and oxygen atoms in total. The van der Waals surface area contributed by atoms with Crippen molar-refractivity contribution in [2.24, 2.45) is 0 Å². The van der Waals surface area contributed by atoms with Gasteiger partial charge in [-0.25, -0.2) is 12.7 Å². The average Bonchev–Trinajstić information content (AvgIpc) is 3.18. The molecule has 1 amide bonds. The lowest BCUT2D eigenvalue weighted by Crippen LogP contribution is -2.23. The van der Waals surface area contributed by atoms with Gasteiger partial charge in [0.25, 0.3) is 0 Å². The molecule has 11 heteroatoms. The molecule has 2 aromatic heterocycles. The smallest absolute Gasteiger partial charge is 0.242 e. The summed E-state index contributed by atoms with van der Waals surface area (Å²) in [6.45, 7) is 6.30. The number of thioether (sulfide) groups is 1. The van der Waals surface area contributed by atoms with Gasteiger partial charge in [-0.3, -0.25) is 9.78 Å². The number of amides is 1. The summed E-state index contributed by atoms with van der Waals surface area (Å²) in [5.74, 6) is 0.566. The Labute approximate surface area is 192 Å². The van der Waals surface area contributed by atoms with Gasteiger partial charge in [0, 0.05) is 44.3 Å². The molecule has 0 bridgehead atoms. The average molecular weight is 475 g/mol. The van der Waals surface area contributed by atoms with Crippen LogP contribution in [0.3, 0.4) is 0 Å². The molecule has 0 radical (unpaired) electrons. The second-order valence-electron chi connectivity index (χ2n) is 7.32. The maximum atomic E-state index is 12.7. The lowest BCUT2D eigenvalue weighted by molar-refractivity contribution is -0.113. The Morgan fingerprint density at radius 1 is 1.16 bits per heavy atom. The van der Waals surface area contributed by atoms with Gasteiger partial charge in [-0.1, -0.05) is 11.8 Å². The lowest BCUT2D eigenvalue weighted by atomic mass is 10.1. The summed E-state index contributed by atoms with van der Waals surface area (Å²) >= 11 is 1.27. The molecule has 1 N–H and O–H groups in total. The first-order chi connectivity index (χ1) is 15.1. The summed E-state index contributed by atoms with van der Waals surface area (Å²) < 4.78 is 28.1. The van der Waals surface area contributed by atoms with Crippen LogP contribution in [0.5, 0.6) is 0 Å². The summed E-state index contributed by atoms with van der Waals surface area (Å²) in [7, 11) is -0.660. The van der Waals surface area contributed by atoms with Crippen molar-refractivity contribution in [3.05, 3.63) is 47.8 Å². The lowest BCUT2D eigenvalue weighted by Gasteiger charge is -2.16. The number of aryl methyl sites for hydroxylation is 1. The number of pyridine rings is 1. The summed E-state index contributed by atoms with van der Waals surface area (Å²) in [5, 5.41) is 12.0. The van der Waals surface area contributed by atoms with Crippen LogP contribution in [0.1, 0.15) is 18.1 Å². The van der Waals surface area contributed by atoms with Crippen LogP contribution in [0.2, 0.25) is 0 Å². The van der Waals surface area contributed by atoms with E-state index < -0.39 is 10.0 Å². The van der Waals surface area contributed by atoms with E-state index in [-0.39, 0.29) is 16.6 Å². The standard InChI is InChI=1S/C21H26N6O3S2/c1-6-27-20(16-7-9-22-10-8-16)24-25-21(27)31-13-19(28)23-18-12-17(11-14(2)15(18)3)32(29,30)26(4)5/h7-12H,6,13H2,1-5H3,(H,23,28). The van der Waals surface area contributed by atoms with Gasteiger partial charge < -0.3 is 9.88 Å². The van der Waals surface area contributed by atoms with Crippen LogP contribution >= 0.6 is 11.8 Å². The number of nitrogens with one attached hydrogen (secondary N) is 1. The zero-order valence-electron chi connectivity index (χ0n) is 18.7. The second-order valence-corrected chi connectivity index (χ2v) is 10.4. The molecule has 0 spiro atoms. The van der Waals surface area contributed by atoms with Gasteiger partial charge in [0.15, 0.2) is 11.0 Å². The number of hydrogen-bond acceptors (Lipinski definition) is 7. The molecule has 170 valence electrons. The maximum Gasteiger partial charge on any atom is 0.242 e. The molecule has 0 aliphatic rings. The predicted octanol–water partition coefficient (Wildman–Crippen LogP) is 2.96. The first-order valence-electron chi connectivity index (χ1n) is 9.95. The van der Waals surface area contributed by atoms with Gasteiger partial charge in [0.2, 0.25) is 15.9 Å². The van der Waals surface area contributed by atoms with Crippen molar-refractivity contribution in [2.45, 2.75) is 37.4 Å².